The molecule has 6 nitrogen and oxygen atoms in total. The lowest BCUT2D eigenvalue weighted by Gasteiger charge is -2.25. The second-order valence-electron chi connectivity index (χ2n) is 6.76. The average molecular weight is 358 g/mol. The highest BCUT2D eigenvalue weighted by Gasteiger charge is 2.24. The summed E-state index contributed by atoms with van der Waals surface area (Å²) in [4.78, 5) is 20.2. The van der Waals surface area contributed by atoms with Crippen molar-refractivity contribution in [3.8, 4) is 0 Å². The molecule has 1 fully saturated rings. The number of nitrogens with one attached hydrogen (secondary N) is 2. The molecule has 142 valence electrons. The molecular formula is C20H31N5O. The molecule has 0 bridgehead atoms. The van der Waals surface area contributed by atoms with Gasteiger partial charge in [-0.15, -0.1) is 6.58 Å². The third-order valence-corrected chi connectivity index (χ3v) is 4.52. The van der Waals surface area contributed by atoms with Crippen LogP contribution >= 0.6 is 0 Å². The molecule has 0 spiro atoms. The molecule has 1 heterocycles. The van der Waals surface area contributed by atoms with E-state index in [2.05, 4.69) is 57.4 Å². The van der Waals surface area contributed by atoms with Crippen molar-refractivity contribution in [2.24, 2.45) is 4.99 Å². The summed E-state index contributed by atoms with van der Waals surface area (Å²) >= 11 is 0. The minimum absolute atomic E-state index is 0.0173. The highest BCUT2D eigenvalue weighted by atomic mass is 16.2. The Kier molecular flexibility index (Phi) is 8.15. The molecule has 1 aromatic rings. The zero-order valence-corrected chi connectivity index (χ0v) is 15.9. The zero-order valence-electron chi connectivity index (χ0n) is 15.9. The van der Waals surface area contributed by atoms with Crippen molar-refractivity contribution < 1.29 is 4.79 Å². The fraction of sp³-hybridized carbons (Fsp3) is 0.500. The van der Waals surface area contributed by atoms with Gasteiger partial charge in [-0.1, -0.05) is 36.4 Å². The maximum Gasteiger partial charge on any atom is 0.243 e. The first-order chi connectivity index (χ1) is 12.6. The van der Waals surface area contributed by atoms with Crippen LogP contribution in [0.5, 0.6) is 0 Å². The molecule has 1 unspecified atom stereocenters. The van der Waals surface area contributed by atoms with Gasteiger partial charge in [0.2, 0.25) is 5.91 Å². The fourth-order valence-corrected chi connectivity index (χ4v) is 3.00. The fourth-order valence-electron chi connectivity index (χ4n) is 3.00. The maximum atomic E-state index is 11.8. The summed E-state index contributed by atoms with van der Waals surface area (Å²) in [5.41, 5.74) is 1.34. The molecule has 1 aliphatic rings. The number of aliphatic imine (C=N–C) groups is 1. The standard InChI is InChI=1S/C20H31N5O/c1-4-12-21-20(23-15-19(26)24(2)3)22-14-18-11-8-13-25(18)16-17-9-6-5-7-10-17/h4-7,9-10,18H,1,8,11-16H2,2-3H3,(H2,21,22,23). The molecule has 1 amide bonds. The molecule has 0 aliphatic carbocycles. The number of carbonyl (C=O) groups is 1. The van der Waals surface area contributed by atoms with Crippen molar-refractivity contribution in [3.05, 3.63) is 48.6 Å². The molecular weight excluding hydrogens is 326 g/mol. The van der Waals surface area contributed by atoms with Crippen molar-refractivity contribution in [3.63, 3.8) is 0 Å². The maximum absolute atomic E-state index is 11.8. The van der Waals surface area contributed by atoms with Gasteiger partial charge >= 0.3 is 0 Å². The van der Waals surface area contributed by atoms with Crippen LogP contribution in [0.25, 0.3) is 0 Å². The summed E-state index contributed by atoms with van der Waals surface area (Å²) in [6.07, 6.45) is 4.16. The molecule has 1 atom stereocenters. The van der Waals surface area contributed by atoms with Crippen LogP contribution in [0, 0.1) is 0 Å². The van der Waals surface area contributed by atoms with E-state index in [-0.39, 0.29) is 12.5 Å². The molecule has 0 radical (unpaired) electrons. The van der Waals surface area contributed by atoms with Crippen LogP contribution in [0.1, 0.15) is 18.4 Å². The zero-order chi connectivity index (χ0) is 18.8. The highest BCUT2D eigenvalue weighted by Crippen LogP contribution is 2.19. The van der Waals surface area contributed by atoms with Crippen LogP contribution in [0.4, 0.5) is 0 Å². The first-order valence-corrected chi connectivity index (χ1v) is 9.21. The Bertz CT molecular complexity index is 599. The Morgan fingerprint density at radius 1 is 1.35 bits per heavy atom. The third kappa shape index (κ3) is 6.52. The number of rotatable bonds is 8. The van der Waals surface area contributed by atoms with Crippen molar-refractivity contribution >= 4 is 11.9 Å². The van der Waals surface area contributed by atoms with Gasteiger partial charge in [-0.3, -0.25) is 9.69 Å². The Hall–Kier alpha value is -2.34. The van der Waals surface area contributed by atoms with E-state index in [1.807, 2.05) is 0 Å². The lowest BCUT2D eigenvalue weighted by molar-refractivity contribution is -0.127. The monoisotopic (exact) mass is 357 g/mol. The Morgan fingerprint density at radius 2 is 2.12 bits per heavy atom. The molecule has 1 aliphatic heterocycles. The second-order valence-corrected chi connectivity index (χ2v) is 6.76. The van der Waals surface area contributed by atoms with Gasteiger partial charge in [0.15, 0.2) is 5.96 Å². The van der Waals surface area contributed by atoms with Crippen molar-refractivity contribution in [1.29, 1.82) is 0 Å². The summed E-state index contributed by atoms with van der Waals surface area (Å²) in [6, 6.07) is 11.0. The van der Waals surface area contributed by atoms with Gasteiger partial charge in [0.25, 0.3) is 0 Å². The number of benzene rings is 1. The Morgan fingerprint density at radius 3 is 2.81 bits per heavy atom. The summed E-state index contributed by atoms with van der Waals surface area (Å²) in [7, 11) is 3.48. The normalized spacial score (nSPS) is 17.8. The molecule has 26 heavy (non-hydrogen) atoms. The van der Waals surface area contributed by atoms with Crippen molar-refractivity contribution in [2.75, 3.05) is 40.3 Å². The Balaban J connectivity index is 1.90. The van der Waals surface area contributed by atoms with E-state index in [9.17, 15) is 4.79 Å². The molecule has 1 saturated heterocycles. The number of likely N-dealkylation sites (N-methyl/N-ethyl adjacent to an activating group) is 1. The number of hydrogen-bond acceptors (Lipinski definition) is 3. The van der Waals surface area contributed by atoms with Gasteiger partial charge in [-0.2, -0.15) is 0 Å². The molecule has 0 aromatic heterocycles. The minimum atomic E-state index is -0.0173. The van der Waals surface area contributed by atoms with E-state index in [0.29, 0.717) is 18.5 Å². The highest BCUT2D eigenvalue weighted by molar-refractivity contribution is 5.84. The molecule has 0 saturated carbocycles. The topological polar surface area (TPSA) is 60.0 Å². The van der Waals surface area contributed by atoms with Crippen LogP contribution in [0.2, 0.25) is 0 Å². The van der Waals surface area contributed by atoms with Crippen LogP contribution in [0.15, 0.2) is 48.0 Å². The number of hydrogen-bond donors (Lipinski definition) is 2. The largest absolute Gasteiger partial charge is 0.355 e. The SMILES string of the molecule is C=CCNC(=NCC(=O)N(C)C)NCC1CCCN1Cc1ccccc1. The minimum Gasteiger partial charge on any atom is -0.355 e. The summed E-state index contributed by atoms with van der Waals surface area (Å²) in [6.45, 7) is 7.37. The van der Waals surface area contributed by atoms with Gasteiger partial charge in [-0.05, 0) is 24.9 Å². The lowest BCUT2D eigenvalue weighted by atomic mass is 10.2. The van der Waals surface area contributed by atoms with E-state index in [1.54, 1.807) is 25.1 Å². The molecule has 6 heteroatoms. The average Bonchev–Trinajstić information content (AvgIpc) is 3.08. The number of carbonyl (C=O) groups excluding carboxylic acids is 1. The summed E-state index contributed by atoms with van der Waals surface area (Å²) < 4.78 is 0. The number of likely N-dealkylation sites (tertiary alicyclic amines) is 1. The Labute approximate surface area is 157 Å². The third-order valence-electron chi connectivity index (χ3n) is 4.52. The van der Waals surface area contributed by atoms with Crippen molar-refractivity contribution in [2.45, 2.75) is 25.4 Å². The number of nitrogens with zero attached hydrogens (tertiary/aromatic N) is 3. The van der Waals surface area contributed by atoms with Crippen LogP contribution < -0.4 is 10.6 Å². The van der Waals surface area contributed by atoms with E-state index in [0.717, 1.165) is 19.6 Å². The molecule has 1 aromatic carbocycles. The van der Waals surface area contributed by atoms with Gasteiger partial charge in [0, 0.05) is 39.8 Å². The second kappa shape index (κ2) is 10.6. The first kappa shape index (κ1) is 20.0. The van der Waals surface area contributed by atoms with Gasteiger partial charge in [-0.25, -0.2) is 4.99 Å². The summed E-state index contributed by atoms with van der Waals surface area (Å²) in [5, 5.41) is 6.57. The van der Waals surface area contributed by atoms with Crippen LogP contribution in [-0.2, 0) is 11.3 Å². The van der Waals surface area contributed by atoms with Gasteiger partial charge < -0.3 is 15.5 Å². The van der Waals surface area contributed by atoms with E-state index < -0.39 is 0 Å². The van der Waals surface area contributed by atoms with Gasteiger partial charge in [0.05, 0.1) is 0 Å². The molecule has 2 rings (SSSR count). The van der Waals surface area contributed by atoms with Gasteiger partial charge in [0.1, 0.15) is 6.54 Å². The smallest absolute Gasteiger partial charge is 0.243 e. The van der Waals surface area contributed by atoms with E-state index >= 15 is 0 Å². The van der Waals surface area contributed by atoms with Crippen LogP contribution in [0.3, 0.4) is 0 Å². The lowest BCUT2D eigenvalue weighted by Crippen LogP contribution is -2.45. The first-order valence-electron chi connectivity index (χ1n) is 9.21. The van der Waals surface area contributed by atoms with E-state index in [1.165, 1.54) is 18.4 Å². The number of guanidine groups is 1. The van der Waals surface area contributed by atoms with Crippen molar-refractivity contribution in [1.82, 2.24) is 20.4 Å². The van der Waals surface area contributed by atoms with E-state index in [4.69, 9.17) is 0 Å². The quantitative estimate of drug-likeness (QED) is 0.420. The molecule has 2 N–H and O–H groups in total. The number of amides is 1. The predicted octanol–water partition coefficient (Wildman–Crippen LogP) is 1.46. The summed E-state index contributed by atoms with van der Waals surface area (Å²) in [5.74, 6) is 0.642. The predicted molar refractivity (Wildman–Crippen MR) is 107 cm³/mol. The van der Waals surface area contributed by atoms with Crippen LogP contribution in [-0.4, -0.2) is 68.0 Å².